The van der Waals surface area contributed by atoms with Crippen molar-refractivity contribution in [2.24, 2.45) is 0 Å². The van der Waals surface area contributed by atoms with Gasteiger partial charge in [-0.3, -0.25) is 0 Å². The number of quaternary nitrogens is 1. The van der Waals surface area contributed by atoms with Crippen molar-refractivity contribution in [3.05, 3.63) is 84.4 Å². The molecule has 0 saturated carbocycles. The van der Waals surface area contributed by atoms with Crippen molar-refractivity contribution < 1.29 is 26.4 Å². The molecule has 0 radical (unpaired) electrons. The molecule has 0 atom stereocenters. The lowest BCUT2D eigenvalue weighted by atomic mass is 10.1. The summed E-state index contributed by atoms with van der Waals surface area (Å²) < 4.78 is 5.99. The van der Waals surface area contributed by atoms with Crippen molar-refractivity contribution in [3.8, 4) is 0 Å². The monoisotopic (exact) mass is 359 g/mol. The molecule has 134 valence electrons. The first kappa shape index (κ1) is 20.9. The van der Waals surface area contributed by atoms with Crippen molar-refractivity contribution in [1.82, 2.24) is 0 Å². The fourth-order valence-corrected chi connectivity index (χ4v) is 2.94. The van der Waals surface area contributed by atoms with Crippen molar-refractivity contribution in [2.45, 2.75) is 19.5 Å². The Bertz CT molecular complexity index is 602. The number of rotatable bonds is 9. The average Bonchev–Trinajstić information content (AvgIpc) is 2.60. The molecule has 0 aliphatic rings. The first-order valence-corrected chi connectivity index (χ1v) is 8.32. The second kappa shape index (κ2) is 10.7. The van der Waals surface area contributed by atoms with Crippen LogP contribution in [-0.2, 0) is 22.6 Å². The highest BCUT2D eigenvalue weighted by Gasteiger charge is 2.22. The van der Waals surface area contributed by atoms with Crippen LogP contribution in [0.25, 0.3) is 0 Å². The molecule has 4 heteroatoms. The Hall–Kier alpha value is -2.10. The molecular weight excluding hydrogens is 334 g/mol. The third-order valence-electron chi connectivity index (χ3n) is 4.07. The van der Waals surface area contributed by atoms with Crippen molar-refractivity contribution in [3.63, 3.8) is 0 Å². The van der Waals surface area contributed by atoms with E-state index in [1.54, 1.807) is 0 Å². The summed E-state index contributed by atoms with van der Waals surface area (Å²) in [6.45, 7) is 6.69. The number of carbonyl (C=O) groups is 1. The molecule has 0 amide bonds. The number of esters is 1. The smallest absolute Gasteiger partial charge is 0.330 e. The highest BCUT2D eigenvalue weighted by atomic mass is 35.5. The van der Waals surface area contributed by atoms with Crippen molar-refractivity contribution in [2.75, 3.05) is 20.2 Å². The Kier molecular flexibility index (Phi) is 8.96. The fourth-order valence-electron chi connectivity index (χ4n) is 2.94. The van der Waals surface area contributed by atoms with Crippen LogP contribution in [0.2, 0.25) is 0 Å². The van der Waals surface area contributed by atoms with E-state index >= 15 is 0 Å². The van der Waals surface area contributed by atoms with Gasteiger partial charge >= 0.3 is 5.97 Å². The summed E-state index contributed by atoms with van der Waals surface area (Å²) >= 11 is 0. The van der Waals surface area contributed by atoms with E-state index in [0.29, 0.717) is 6.61 Å². The Morgan fingerprint density at radius 2 is 1.48 bits per heavy atom. The lowest BCUT2D eigenvalue weighted by molar-refractivity contribution is -0.935. The summed E-state index contributed by atoms with van der Waals surface area (Å²) in [5, 5.41) is 0. The maximum atomic E-state index is 11.2. The van der Waals surface area contributed by atoms with Gasteiger partial charge in [-0.25, -0.2) is 4.79 Å². The summed E-state index contributed by atoms with van der Waals surface area (Å²) in [4.78, 5) is 11.2. The number of halogens is 1. The van der Waals surface area contributed by atoms with Crippen molar-refractivity contribution >= 4 is 5.97 Å². The van der Waals surface area contributed by atoms with Crippen LogP contribution >= 0.6 is 0 Å². The first-order chi connectivity index (χ1) is 11.6. The molecule has 0 bridgehead atoms. The quantitative estimate of drug-likeness (QED) is 0.288. The number of nitrogens with zero attached hydrogens (tertiary/aromatic N) is 1. The van der Waals surface area contributed by atoms with Crippen LogP contribution < -0.4 is 12.4 Å². The maximum Gasteiger partial charge on any atom is 0.330 e. The van der Waals surface area contributed by atoms with Crippen LogP contribution in [0.4, 0.5) is 0 Å². The Morgan fingerprint density at radius 3 is 1.92 bits per heavy atom. The molecule has 0 spiro atoms. The van der Waals surface area contributed by atoms with Crippen LogP contribution in [0, 0.1) is 0 Å². The van der Waals surface area contributed by atoms with Gasteiger partial charge in [-0.05, 0) is 0 Å². The molecular formula is C21H26ClNO2. The third-order valence-corrected chi connectivity index (χ3v) is 4.07. The summed E-state index contributed by atoms with van der Waals surface area (Å²) in [7, 11) is 2.26. The molecule has 0 heterocycles. The molecule has 0 fully saturated rings. The van der Waals surface area contributed by atoms with Gasteiger partial charge in [0.2, 0.25) is 0 Å². The second-order valence-electron chi connectivity index (χ2n) is 6.36. The number of hydrogen-bond donors (Lipinski definition) is 0. The molecule has 2 rings (SSSR count). The lowest BCUT2D eigenvalue weighted by Gasteiger charge is -2.35. The van der Waals surface area contributed by atoms with E-state index in [1.807, 2.05) is 12.1 Å². The number of benzene rings is 2. The van der Waals surface area contributed by atoms with Gasteiger partial charge in [0.05, 0.1) is 20.2 Å². The molecule has 0 aromatic heterocycles. The maximum absolute atomic E-state index is 11.2. The lowest BCUT2D eigenvalue weighted by Crippen LogP contribution is -3.00. The molecule has 0 N–H and O–H groups in total. The van der Waals surface area contributed by atoms with E-state index in [0.717, 1.165) is 30.5 Å². The summed E-state index contributed by atoms with van der Waals surface area (Å²) in [5.41, 5.74) is 2.64. The van der Waals surface area contributed by atoms with Gasteiger partial charge in [0.25, 0.3) is 0 Å². The molecule has 2 aromatic carbocycles. The topological polar surface area (TPSA) is 26.3 Å². The SMILES string of the molecule is C=CC(=O)OCCC[N+](C)(Cc1ccccc1)Cc1ccccc1.[Cl-]. The molecule has 0 aliphatic carbocycles. The molecule has 25 heavy (non-hydrogen) atoms. The van der Waals surface area contributed by atoms with Crippen LogP contribution in [-0.4, -0.2) is 30.7 Å². The minimum absolute atomic E-state index is 0. The van der Waals surface area contributed by atoms with Crippen LogP contribution in [0.5, 0.6) is 0 Å². The van der Waals surface area contributed by atoms with Gasteiger partial charge in [0.15, 0.2) is 0 Å². The predicted molar refractivity (Wildman–Crippen MR) is 97.1 cm³/mol. The van der Waals surface area contributed by atoms with Gasteiger partial charge in [0.1, 0.15) is 13.1 Å². The minimum Gasteiger partial charge on any atom is -1.00 e. The van der Waals surface area contributed by atoms with E-state index in [9.17, 15) is 4.79 Å². The number of carbonyl (C=O) groups excluding carboxylic acids is 1. The summed E-state index contributed by atoms with van der Waals surface area (Å²) in [5.74, 6) is -0.352. The van der Waals surface area contributed by atoms with E-state index in [1.165, 1.54) is 17.2 Å². The first-order valence-electron chi connectivity index (χ1n) is 8.32. The predicted octanol–water partition coefficient (Wildman–Crippen LogP) is 0.957. The molecule has 0 aliphatic heterocycles. The van der Waals surface area contributed by atoms with Crippen LogP contribution in [0.15, 0.2) is 73.3 Å². The van der Waals surface area contributed by atoms with E-state index in [-0.39, 0.29) is 18.4 Å². The standard InChI is InChI=1S/C21H26NO2.ClH/c1-3-21(23)24-16-10-15-22(2,17-19-11-6-4-7-12-19)18-20-13-8-5-9-14-20;/h3-9,11-14H,1,10,15-18H2,2H3;1H/q+1;/p-1. The number of hydrogen-bond acceptors (Lipinski definition) is 2. The van der Waals surface area contributed by atoms with Gasteiger partial charge in [-0.2, -0.15) is 0 Å². The average molecular weight is 360 g/mol. The molecule has 2 aromatic rings. The van der Waals surface area contributed by atoms with E-state index < -0.39 is 0 Å². The Morgan fingerprint density at radius 1 is 1.00 bits per heavy atom. The van der Waals surface area contributed by atoms with Gasteiger partial charge in [-0.15, -0.1) is 0 Å². The Labute approximate surface area is 156 Å². The normalized spacial score (nSPS) is 10.6. The summed E-state index contributed by atoms with van der Waals surface area (Å²) in [6.07, 6.45) is 2.04. The molecule has 3 nitrogen and oxygen atoms in total. The van der Waals surface area contributed by atoms with Crippen molar-refractivity contribution in [1.29, 1.82) is 0 Å². The van der Waals surface area contributed by atoms with E-state index in [4.69, 9.17) is 4.74 Å². The zero-order valence-corrected chi connectivity index (χ0v) is 15.5. The van der Waals surface area contributed by atoms with Gasteiger partial charge in [-0.1, -0.05) is 67.2 Å². The van der Waals surface area contributed by atoms with Gasteiger partial charge < -0.3 is 21.6 Å². The third kappa shape index (κ3) is 7.55. The zero-order valence-electron chi connectivity index (χ0n) is 14.7. The minimum atomic E-state index is -0.352. The largest absolute Gasteiger partial charge is 1.00 e. The molecule has 0 unspecified atom stereocenters. The Balaban J connectivity index is 0.00000312. The fraction of sp³-hybridized carbons (Fsp3) is 0.286. The van der Waals surface area contributed by atoms with Crippen LogP contribution in [0.1, 0.15) is 17.5 Å². The van der Waals surface area contributed by atoms with E-state index in [2.05, 4.69) is 62.2 Å². The zero-order chi connectivity index (χ0) is 17.3. The molecule has 0 saturated heterocycles. The van der Waals surface area contributed by atoms with Crippen LogP contribution in [0.3, 0.4) is 0 Å². The summed E-state index contributed by atoms with van der Waals surface area (Å²) in [6, 6.07) is 21.1. The second-order valence-corrected chi connectivity index (χ2v) is 6.36. The van der Waals surface area contributed by atoms with Gasteiger partial charge in [0, 0.05) is 23.6 Å². The highest BCUT2D eigenvalue weighted by molar-refractivity contribution is 5.81. The highest BCUT2D eigenvalue weighted by Crippen LogP contribution is 2.18. The number of ether oxygens (including phenoxy) is 1.